The quantitative estimate of drug-likeness (QED) is 0.576. The van der Waals surface area contributed by atoms with Crippen molar-refractivity contribution in [2.75, 3.05) is 35.2 Å². The Kier molecular flexibility index (Phi) is 6.22. The van der Waals surface area contributed by atoms with Gasteiger partial charge < -0.3 is 20.6 Å². The average molecular weight is 455 g/mol. The second-order valence-electron chi connectivity index (χ2n) is 9.13. The molecule has 5 rings (SSSR count). The van der Waals surface area contributed by atoms with Crippen LogP contribution in [0.1, 0.15) is 38.3 Å². The monoisotopic (exact) mass is 454 g/mol. The van der Waals surface area contributed by atoms with E-state index >= 15 is 0 Å². The molecule has 3 aromatic rings. The molecule has 1 aliphatic heterocycles. The van der Waals surface area contributed by atoms with Gasteiger partial charge in [-0.05, 0) is 62.4 Å². The number of rotatable bonds is 3. The zero-order valence-electron chi connectivity index (χ0n) is 19.5. The van der Waals surface area contributed by atoms with Gasteiger partial charge in [-0.15, -0.1) is 10.2 Å². The van der Waals surface area contributed by atoms with Crippen molar-refractivity contribution in [2.45, 2.75) is 38.6 Å². The highest BCUT2D eigenvalue weighted by atomic mass is 16.3. The third kappa shape index (κ3) is 4.62. The normalized spacial score (nSPS) is 18.6. The number of aromatic nitrogens is 3. The van der Waals surface area contributed by atoms with Crippen LogP contribution >= 0.6 is 0 Å². The Hall–Kier alpha value is -3.79. The van der Waals surface area contributed by atoms with Crippen LogP contribution in [0.3, 0.4) is 0 Å². The topological polar surface area (TPSA) is 91.4 Å². The summed E-state index contributed by atoms with van der Waals surface area (Å²) in [5.74, 6) is 7.76. The molecule has 34 heavy (non-hydrogen) atoms. The largest absolute Gasteiger partial charge is 0.507 e. The van der Waals surface area contributed by atoms with Crippen molar-refractivity contribution in [1.29, 1.82) is 0 Å². The summed E-state index contributed by atoms with van der Waals surface area (Å²) >= 11 is 0. The molecule has 0 bridgehead atoms. The zero-order valence-corrected chi connectivity index (χ0v) is 19.5. The number of hydrogen-bond donors (Lipinski definition) is 2. The average Bonchev–Trinajstić information content (AvgIpc) is 3.01. The number of phenolic OH excluding ortho intramolecular Hbond substituents is 1. The molecule has 2 aliphatic rings. The van der Waals surface area contributed by atoms with E-state index in [9.17, 15) is 5.11 Å². The molecule has 1 saturated carbocycles. The first-order valence-electron chi connectivity index (χ1n) is 12.0. The van der Waals surface area contributed by atoms with Crippen LogP contribution in [0.2, 0.25) is 0 Å². The Bertz CT molecular complexity index is 1230. The van der Waals surface area contributed by atoms with Gasteiger partial charge in [0, 0.05) is 49.0 Å². The van der Waals surface area contributed by atoms with Crippen molar-refractivity contribution in [3.05, 3.63) is 54.4 Å². The number of para-hydroxylation sites is 1. The smallest absolute Gasteiger partial charge is 0.169 e. The van der Waals surface area contributed by atoms with E-state index in [-0.39, 0.29) is 5.75 Å². The molecule has 3 heterocycles. The standard InChI is InChI=1S/C27H30N6O/c1-19-12-14-32(25-18-24(30-31-27(25)28)23-7-2-3-8-26(23)34)15-16-33(19)22-11-13-29-21(17-22)10-9-20-5-4-6-20/h2-3,7-8,11,13,17-20,34H,4-6,12,14-16H2,1H3,(H2,28,31). The maximum Gasteiger partial charge on any atom is 0.169 e. The van der Waals surface area contributed by atoms with Gasteiger partial charge in [0.25, 0.3) is 0 Å². The van der Waals surface area contributed by atoms with E-state index in [2.05, 4.69) is 55.9 Å². The minimum absolute atomic E-state index is 0.178. The first-order chi connectivity index (χ1) is 16.6. The highest BCUT2D eigenvalue weighted by Gasteiger charge is 2.24. The summed E-state index contributed by atoms with van der Waals surface area (Å²) < 4.78 is 0. The lowest BCUT2D eigenvalue weighted by Crippen LogP contribution is -2.35. The molecule has 1 aliphatic carbocycles. The van der Waals surface area contributed by atoms with E-state index in [0.717, 1.165) is 43.1 Å². The number of nitrogens with zero attached hydrogens (tertiary/aromatic N) is 5. The van der Waals surface area contributed by atoms with Gasteiger partial charge in [0.1, 0.15) is 11.4 Å². The van der Waals surface area contributed by atoms with Gasteiger partial charge >= 0.3 is 0 Å². The molecular weight excluding hydrogens is 424 g/mol. The van der Waals surface area contributed by atoms with Crippen molar-refractivity contribution in [2.24, 2.45) is 5.92 Å². The molecule has 2 fully saturated rings. The summed E-state index contributed by atoms with van der Waals surface area (Å²) in [7, 11) is 0. The SMILES string of the molecule is CC1CCN(c2cc(-c3ccccc3O)nnc2N)CCN1c1ccnc(C#CC2CCC2)c1. The lowest BCUT2D eigenvalue weighted by Gasteiger charge is -2.29. The van der Waals surface area contributed by atoms with Crippen molar-refractivity contribution in [3.8, 4) is 28.8 Å². The Labute approximate surface area is 200 Å². The highest BCUT2D eigenvalue weighted by molar-refractivity contribution is 5.74. The van der Waals surface area contributed by atoms with Crippen molar-refractivity contribution in [3.63, 3.8) is 0 Å². The van der Waals surface area contributed by atoms with Gasteiger partial charge in [0.05, 0.1) is 11.4 Å². The van der Waals surface area contributed by atoms with Crippen LogP contribution in [-0.4, -0.2) is 46.0 Å². The number of hydrogen-bond acceptors (Lipinski definition) is 7. The molecule has 0 amide bonds. The van der Waals surface area contributed by atoms with E-state index in [1.54, 1.807) is 12.1 Å². The Morgan fingerprint density at radius 3 is 2.68 bits per heavy atom. The highest BCUT2D eigenvalue weighted by Crippen LogP contribution is 2.32. The summed E-state index contributed by atoms with van der Waals surface area (Å²) in [4.78, 5) is 9.16. The van der Waals surface area contributed by atoms with Gasteiger partial charge in [-0.1, -0.05) is 24.5 Å². The molecule has 1 unspecified atom stereocenters. The summed E-state index contributed by atoms with van der Waals surface area (Å²) in [5.41, 5.74) is 10.3. The number of pyridine rings is 1. The molecular formula is C27H30N6O. The number of nitrogen functional groups attached to an aromatic ring is 1. The summed E-state index contributed by atoms with van der Waals surface area (Å²) in [6.07, 6.45) is 6.55. The first-order valence-corrected chi connectivity index (χ1v) is 12.0. The molecule has 174 valence electrons. The molecule has 7 nitrogen and oxygen atoms in total. The van der Waals surface area contributed by atoms with Crippen LogP contribution in [0, 0.1) is 17.8 Å². The van der Waals surface area contributed by atoms with Crippen molar-refractivity contribution < 1.29 is 5.11 Å². The zero-order chi connectivity index (χ0) is 23.5. The fourth-order valence-electron chi connectivity index (χ4n) is 4.55. The minimum Gasteiger partial charge on any atom is -0.507 e. The number of nitrogens with two attached hydrogens (primary N) is 1. The second kappa shape index (κ2) is 9.60. The molecule has 0 radical (unpaired) electrons. The maximum atomic E-state index is 10.2. The molecule has 3 N–H and O–H groups in total. The fraction of sp³-hybridized carbons (Fsp3) is 0.370. The molecule has 2 aromatic heterocycles. The van der Waals surface area contributed by atoms with Crippen LogP contribution in [0.25, 0.3) is 11.3 Å². The van der Waals surface area contributed by atoms with Crippen molar-refractivity contribution >= 4 is 17.2 Å². The third-order valence-corrected chi connectivity index (χ3v) is 6.87. The van der Waals surface area contributed by atoms with Gasteiger partial charge in [-0.2, -0.15) is 0 Å². The number of anilines is 3. The fourth-order valence-corrected chi connectivity index (χ4v) is 4.55. The maximum absolute atomic E-state index is 10.2. The van der Waals surface area contributed by atoms with Crippen molar-refractivity contribution in [1.82, 2.24) is 15.2 Å². The molecule has 7 heteroatoms. The van der Waals surface area contributed by atoms with Crippen LogP contribution in [-0.2, 0) is 0 Å². The van der Waals surface area contributed by atoms with Crippen LogP contribution in [0.4, 0.5) is 17.2 Å². The molecule has 1 saturated heterocycles. The van der Waals surface area contributed by atoms with E-state index in [0.29, 0.717) is 29.0 Å². The molecule has 1 atom stereocenters. The van der Waals surface area contributed by atoms with E-state index in [4.69, 9.17) is 5.73 Å². The van der Waals surface area contributed by atoms with Gasteiger partial charge in [0.15, 0.2) is 5.82 Å². The van der Waals surface area contributed by atoms with Crippen LogP contribution < -0.4 is 15.5 Å². The Balaban J connectivity index is 1.36. The predicted octanol–water partition coefficient (Wildman–Crippen LogP) is 4.08. The van der Waals surface area contributed by atoms with E-state index < -0.39 is 0 Å². The van der Waals surface area contributed by atoms with Gasteiger partial charge in [-0.25, -0.2) is 4.98 Å². The minimum atomic E-state index is 0.178. The van der Waals surface area contributed by atoms with Gasteiger partial charge in [-0.3, -0.25) is 0 Å². The Morgan fingerprint density at radius 1 is 1.03 bits per heavy atom. The van der Waals surface area contributed by atoms with Crippen LogP contribution in [0.5, 0.6) is 5.75 Å². The first kappa shape index (κ1) is 22.0. The van der Waals surface area contributed by atoms with E-state index in [1.165, 1.54) is 19.3 Å². The summed E-state index contributed by atoms with van der Waals surface area (Å²) in [6, 6.07) is 13.6. The third-order valence-electron chi connectivity index (χ3n) is 6.87. The summed E-state index contributed by atoms with van der Waals surface area (Å²) in [5, 5.41) is 18.7. The number of benzene rings is 1. The molecule has 0 spiro atoms. The Morgan fingerprint density at radius 2 is 1.88 bits per heavy atom. The number of phenols is 1. The number of aromatic hydroxyl groups is 1. The second-order valence-corrected chi connectivity index (χ2v) is 9.13. The predicted molar refractivity (Wildman–Crippen MR) is 136 cm³/mol. The van der Waals surface area contributed by atoms with Crippen LogP contribution in [0.15, 0.2) is 48.7 Å². The molecule has 1 aromatic carbocycles. The summed E-state index contributed by atoms with van der Waals surface area (Å²) in [6.45, 7) is 4.75. The lowest BCUT2D eigenvalue weighted by atomic mass is 9.86. The lowest BCUT2D eigenvalue weighted by molar-refractivity contribution is 0.401. The van der Waals surface area contributed by atoms with Gasteiger partial charge in [0.2, 0.25) is 0 Å². The van der Waals surface area contributed by atoms with E-state index in [1.807, 2.05) is 24.4 Å².